The summed E-state index contributed by atoms with van der Waals surface area (Å²) in [6, 6.07) is 9.56. The van der Waals surface area contributed by atoms with Crippen molar-refractivity contribution in [3.8, 4) is 22.9 Å². The number of thiazole rings is 1. The van der Waals surface area contributed by atoms with Crippen molar-refractivity contribution in [1.82, 2.24) is 15.0 Å². The van der Waals surface area contributed by atoms with E-state index >= 15 is 0 Å². The van der Waals surface area contributed by atoms with Crippen LogP contribution in [-0.2, 0) is 6.42 Å². The van der Waals surface area contributed by atoms with Crippen LogP contribution in [0.15, 0.2) is 35.8 Å². The number of nitrogens with one attached hydrogen (secondary N) is 1. The summed E-state index contributed by atoms with van der Waals surface area (Å²) in [5.41, 5.74) is 13.5. The predicted octanol–water partition coefficient (Wildman–Crippen LogP) is 4.80. The molecule has 3 atom stereocenters. The minimum Gasteiger partial charge on any atom is -0.424 e. The summed E-state index contributed by atoms with van der Waals surface area (Å²) < 4.78 is 21.8. The Morgan fingerprint density at radius 3 is 2.77 bits per heavy atom. The molecule has 3 aliphatic rings. The van der Waals surface area contributed by atoms with Crippen molar-refractivity contribution in [2.75, 3.05) is 30.4 Å². The Bertz CT molecular complexity index is 1460. The molecule has 2 aliphatic carbocycles. The van der Waals surface area contributed by atoms with Crippen molar-refractivity contribution in [1.29, 1.82) is 0 Å². The average Bonchev–Trinajstić information content (AvgIpc) is 3.59. The molecule has 3 N–H and O–H groups in total. The number of nitrogens with two attached hydrogens (primary N) is 1. The Morgan fingerprint density at radius 1 is 1.14 bits per heavy atom. The third-order valence-corrected chi connectivity index (χ3v) is 8.43. The summed E-state index contributed by atoms with van der Waals surface area (Å²) in [5, 5.41) is 3.15. The first-order valence-corrected chi connectivity index (χ1v) is 12.9. The normalized spacial score (nSPS) is 22.4. The van der Waals surface area contributed by atoms with Crippen molar-refractivity contribution < 1.29 is 9.13 Å². The van der Waals surface area contributed by atoms with E-state index in [0.29, 0.717) is 30.0 Å². The van der Waals surface area contributed by atoms with Gasteiger partial charge in [-0.2, -0.15) is 9.97 Å². The number of benzene rings is 2. The quantitative estimate of drug-likeness (QED) is 0.375. The summed E-state index contributed by atoms with van der Waals surface area (Å²) in [5.74, 6) is 2.37. The van der Waals surface area contributed by atoms with Crippen molar-refractivity contribution >= 4 is 33.1 Å². The first-order valence-electron chi connectivity index (χ1n) is 12.0. The molecule has 0 spiro atoms. The zero-order chi connectivity index (χ0) is 23.7. The Balaban J connectivity index is 1.33. The lowest BCUT2D eigenvalue weighted by atomic mass is 10.0. The molecule has 1 saturated heterocycles. The minimum absolute atomic E-state index is 0.269. The van der Waals surface area contributed by atoms with Crippen LogP contribution in [0, 0.1) is 17.7 Å². The van der Waals surface area contributed by atoms with Gasteiger partial charge in [0.15, 0.2) is 0 Å². The van der Waals surface area contributed by atoms with E-state index in [4.69, 9.17) is 20.4 Å². The molecule has 7 rings (SSSR count). The van der Waals surface area contributed by atoms with Gasteiger partial charge >= 0.3 is 6.01 Å². The molecule has 2 aromatic carbocycles. The molecule has 7 nitrogen and oxygen atoms in total. The zero-order valence-corrected chi connectivity index (χ0v) is 20.1. The van der Waals surface area contributed by atoms with Crippen molar-refractivity contribution in [2.24, 2.45) is 17.6 Å². The molecule has 9 heteroatoms. The highest BCUT2D eigenvalue weighted by Gasteiger charge is 2.42. The second-order valence-electron chi connectivity index (χ2n) is 9.80. The number of ether oxygens (including phenoxy) is 1. The van der Waals surface area contributed by atoms with E-state index in [2.05, 4.69) is 15.2 Å². The van der Waals surface area contributed by atoms with Crippen LogP contribution in [0.4, 0.5) is 15.9 Å². The first kappa shape index (κ1) is 21.0. The van der Waals surface area contributed by atoms with Crippen LogP contribution in [0.25, 0.3) is 21.3 Å². The molecule has 0 radical (unpaired) electrons. The predicted molar refractivity (Wildman–Crippen MR) is 136 cm³/mol. The van der Waals surface area contributed by atoms with Gasteiger partial charge in [0.2, 0.25) is 0 Å². The molecule has 1 unspecified atom stereocenters. The Hall–Kier alpha value is -3.30. The van der Waals surface area contributed by atoms with Gasteiger partial charge in [-0.05, 0) is 60.1 Å². The number of anilines is 2. The van der Waals surface area contributed by atoms with Crippen LogP contribution < -0.4 is 20.7 Å². The van der Waals surface area contributed by atoms with Crippen LogP contribution in [0.3, 0.4) is 0 Å². The third kappa shape index (κ3) is 3.44. The van der Waals surface area contributed by atoms with E-state index in [1.807, 2.05) is 30.8 Å². The number of hydrogen-bond acceptors (Lipinski definition) is 8. The molecule has 3 heterocycles. The highest BCUT2D eigenvalue weighted by atomic mass is 32.1. The van der Waals surface area contributed by atoms with Crippen LogP contribution in [0.5, 0.6) is 11.8 Å². The minimum atomic E-state index is -0.269. The lowest BCUT2D eigenvalue weighted by Crippen LogP contribution is -2.26. The van der Waals surface area contributed by atoms with E-state index in [1.165, 1.54) is 0 Å². The number of nitrogens with zero attached hydrogens (tertiary/aromatic N) is 4. The Kier molecular flexibility index (Phi) is 4.72. The smallest absolute Gasteiger partial charge is 0.324 e. The molecular weight excluding hydrogens is 463 g/mol. The lowest BCUT2D eigenvalue weighted by Gasteiger charge is -2.23. The van der Waals surface area contributed by atoms with E-state index < -0.39 is 0 Å². The number of halogens is 1. The molecule has 2 aromatic heterocycles. The van der Waals surface area contributed by atoms with Crippen LogP contribution >= 0.6 is 11.3 Å². The maximum absolute atomic E-state index is 14.6. The van der Waals surface area contributed by atoms with Crippen LogP contribution in [0.1, 0.15) is 24.1 Å². The molecule has 2 fully saturated rings. The average molecular weight is 489 g/mol. The summed E-state index contributed by atoms with van der Waals surface area (Å²) in [4.78, 5) is 16.4. The second kappa shape index (κ2) is 7.86. The fourth-order valence-electron chi connectivity index (χ4n) is 6.11. The third-order valence-electron chi connectivity index (χ3n) is 7.64. The van der Waals surface area contributed by atoms with Gasteiger partial charge in [0.05, 0.1) is 21.4 Å². The van der Waals surface area contributed by atoms with Crippen molar-refractivity contribution in [2.45, 2.75) is 25.3 Å². The number of rotatable bonds is 4. The van der Waals surface area contributed by atoms with E-state index in [1.54, 1.807) is 23.5 Å². The summed E-state index contributed by atoms with van der Waals surface area (Å²) in [6.45, 7) is 1.80. The standard InChI is InChI=1S/C26H25FN6OS/c1-29-21-7-15(27)6-19-18(21)9-22-24(19)25(33-10-13-4-16(28)5-14(13)11-33)32-26(31-22)34-17-2-3-20-23(8-17)35-12-30-20/h2-3,6-8,12-14,16,29H,4-5,9-11,28H2,1H3/t13-,14+,16?. The van der Waals surface area contributed by atoms with Gasteiger partial charge in [-0.3, -0.25) is 0 Å². The number of fused-ring (bicyclic) bond motifs is 5. The van der Waals surface area contributed by atoms with E-state index in [0.717, 1.165) is 70.0 Å². The largest absolute Gasteiger partial charge is 0.424 e. The van der Waals surface area contributed by atoms with E-state index in [9.17, 15) is 4.39 Å². The maximum atomic E-state index is 14.6. The SMILES string of the molecule is CNc1cc(F)cc2c1Cc1nc(Oc3ccc4ncsc4c3)nc(N3C[C@H]4CC(N)C[C@H]4C3)c1-2. The topological polar surface area (TPSA) is 89.2 Å². The Labute approximate surface area is 206 Å². The first-order chi connectivity index (χ1) is 17.1. The molecule has 4 aromatic rings. The molecule has 0 bridgehead atoms. The second-order valence-corrected chi connectivity index (χ2v) is 10.7. The highest BCUT2D eigenvalue weighted by molar-refractivity contribution is 7.16. The maximum Gasteiger partial charge on any atom is 0.324 e. The summed E-state index contributed by atoms with van der Waals surface area (Å²) in [6.07, 6.45) is 2.69. The van der Waals surface area contributed by atoms with Gasteiger partial charge in [0.25, 0.3) is 0 Å². The van der Waals surface area contributed by atoms with Crippen molar-refractivity contribution in [3.05, 3.63) is 52.9 Å². The monoisotopic (exact) mass is 488 g/mol. The molecular formula is C26H25FN6OS. The molecule has 178 valence electrons. The Morgan fingerprint density at radius 2 is 1.97 bits per heavy atom. The summed E-state index contributed by atoms with van der Waals surface area (Å²) >= 11 is 1.57. The molecule has 1 saturated carbocycles. The van der Waals surface area contributed by atoms with Gasteiger partial charge < -0.3 is 20.7 Å². The van der Waals surface area contributed by atoms with Crippen LogP contribution in [-0.4, -0.2) is 41.1 Å². The fraction of sp³-hybridized carbons (Fsp3) is 0.346. The highest BCUT2D eigenvalue weighted by Crippen LogP contribution is 2.48. The van der Waals surface area contributed by atoms with Crippen LogP contribution in [0.2, 0.25) is 0 Å². The van der Waals surface area contributed by atoms with Gasteiger partial charge in [-0.1, -0.05) is 0 Å². The number of aromatic nitrogens is 3. The molecule has 35 heavy (non-hydrogen) atoms. The molecule has 1 aliphatic heterocycles. The van der Waals surface area contributed by atoms with Gasteiger partial charge in [-0.15, -0.1) is 11.3 Å². The fourth-order valence-corrected chi connectivity index (χ4v) is 6.82. The van der Waals surface area contributed by atoms with E-state index in [-0.39, 0.29) is 11.9 Å². The van der Waals surface area contributed by atoms with Gasteiger partial charge in [0.1, 0.15) is 17.4 Å². The molecule has 0 amide bonds. The van der Waals surface area contributed by atoms with Gasteiger partial charge in [0, 0.05) is 49.9 Å². The lowest BCUT2D eigenvalue weighted by molar-refractivity contribution is 0.441. The summed E-state index contributed by atoms with van der Waals surface area (Å²) in [7, 11) is 1.82. The van der Waals surface area contributed by atoms with Crippen molar-refractivity contribution in [3.63, 3.8) is 0 Å². The zero-order valence-electron chi connectivity index (χ0n) is 19.3. The number of hydrogen-bond donors (Lipinski definition) is 2. The van der Waals surface area contributed by atoms with Gasteiger partial charge in [-0.25, -0.2) is 9.37 Å².